The third-order valence-corrected chi connectivity index (χ3v) is 4.10. The average molecular weight is 285 g/mol. The van der Waals surface area contributed by atoms with Gasteiger partial charge in [0.2, 0.25) is 0 Å². The molecule has 1 aromatic carbocycles. The van der Waals surface area contributed by atoms with E-state index in [4.69, 9.17) is 4.74 Å². The standard InChI is InChI=1S/C17H19NO3/c1-2-21-16(20)17(12-18,13-7-4-3-5-8-13)14-9-6-10-15(19)11-14/h3-5,7-8,14H,2,6,9-11H2,1H3. The second-order valence-electron chi connectivity index (χ2n) is 5.34. The number of Topliss-reactive ketones (excluding diaryl/α,β-unsaturated/α-hetero) is 1. The first kappa shape index (κ1) is 15.2. The summed E-state index contributed by atoms with van der Waals surface area (Å²) in [4.78, 5) is 24.3. The van der Waals surface area contributed by atoms with Crippen LogP contribution >= 0.6 is 0 Å². The first-order valence-corrected chi connectivity index (χ1v) is 7.30. The molecule has 2 rings (SSSR count). The predicted octanol–water partition coefficient (Wildman–Crippen LogP) is 2.77. The fourth-order valence-electron chi connectivity index (χ4n) is 3.06. The topological polar surface area (TPSA) is 67.2 Å². The Morgan fingerprint density at radius 3 is 2.71 bits per heavy atom. The molecule has 0 amide bonds. The second-order valence-corrected chi connectivity index (χ2v) is 5.34. The Morgan fingerprint density at radius 2 is 2.14 bits per heavy atom. The predicted molar refractivity (Wildman–Crippen MR) is 77.3 cm³/mol. The molecule has 110 valence electrons. The number of hydrogen-bond acceptors (Lipinski definition) is 4. The van der Waals surface area contributed by atoms with Crippen molar-refractivity contribution >= 4 is 11.8 Å². The number of nitriles is 1. The molecule has 0 saturated heterocycles. The monoisotopic (exact) mass is 285 g/mol. The molecule has 0 spiro atoms. The van der Waals surface area contributed by atoms with Crippen LogP contribution in [0.2, 0.25) is 0 Å². The lowest BCUT2D eigenvalue weighted by Crippen LogP contribution is -2.45. The van der Waals surface area contributed by atoms with Gasteiger partial charge in [-0.25, -0.2) is 4.79 Å². The molecule has 0 radical (unpaired) electrons. The third-order valence-electron chi connectivity index (χ3n) is 4.10. The van der Waals surface area contributed by atoms with Crippen molar-refractivity contribution in [2.24, 2.45) is 5.92 Å². The molecule has 2 unspecified atom stereocenters. The normalized spacial score (nSPS) is 21.1. The number of ketones is 1. The lowest BCUT2D eigenvalue weighted by molar-refractivity contribution is -0.150. The Labute approximate surface area is 124 Å². The Kier molecular flexibility index (Phi) is 4.74. The fraction of sp³-hybridized carbons (Fsp3) is 0.471. The summed E-state index contributed by atoms with van der Waals surface area (Å²) in [5, 5.41) is 9.80. The van der Waals surface area contributed by atoms with Crippen LogP contribution < -0.4 is 0 Å². The summed E-state index contributed by atoms with van der Waals surface area (Å²) in [5.41, 5.74) is -0.765. The Balaban J connectivity index is 2.49. The minimum Gasteiger partial charge on any atom is -0.465 e. The molecular weight excluding hydrogens is 266 g/mol. The van der Waals surface area contributed by atoms with E-state index in [0.717, 1.165) is 6.42 Å². The molecule has 1 aromatic rings. The van der Waals surface area contributed by atoms with Gasteiger partial charge in [0.25, 0.3) is 0 Å². The highest BCUT2D eigenvalue weighted by atomic mass is 16.5. The fourth-order valence-corrected chi connectivity index (χ4v) is 3.06. The van der Waals surface area contributed by atoms with Gasteiger partial charge < -0.3 is 4.74 Å². The smallest absolute Gasteiger partial charge is 0.331 e. The Bertz CT molecular complexity index is 561. The summed E-state index contributed by atoms with van der Waals surface area (Å²) in [6, 6.07) is 11.1. The zero-order valence-electron chi connectivity index (χ0n) is 12.2. The van der Waals surface area contributed by atoms with Crippen LogP contribution in [-0.2, 0) is 19.7 Å². The van der Waals surface area contributed by atoms with Crippen molar-refractivity contribution in [2.45, 2.75) is 38.0 Å². The van der Waals surface area contributed by atoms with E-state index in [9.17, 15) is 14.9 Å². The molecule has 21 heavy (non-hydrogen) atoms. The van der Waals surface area contributed by atoms with Crippen molar-refractivity contribution in [3.8, 4) is 6.07 Å². The molecule has 1 saturated carbocycles. The van der Waals surface area contributed by atoms with E-state index in [1.165, 1.54) is 0 Å². The number of carbonyl (C=O) groups excluding carboxylic acids is 2. The van der Waals surface area contributed by atoms with Gasteiger partial charge in [-0.05, 0) is 31.2 Å². The van der Waals surface area contributed by atoms with E-state index in [0.29, 0.717) is 18.4 Å². The molecule has 0 N–H and O–H groups in total. The van der Waals surface area contributed by atoms with Crippen LogP contribution in [0.3, 0.4) is 0 Å². The van der Waals surface area contributed by atoms with E-state index >= 15 is 0 Å². The molecule has 1 aliphatic rings. The summed E-state index contributed by atoms with van der Waals surface area (Å²) in [6.07, 6.45) is 2.21. The molecule has 0 heterocycles. The molecule has 0 aliphatic heterocycles. The molecule has 0 aromatic heterocycles. The number of ether oxygens (including phenoxy) is 1. The second kappa shape index (κ2) is 6.53. The molecule has 1 fully saturated rings. The van der Waals surface area contributed by atoms with Gasteiger partial charge in [-0.2, -0.15) is 5.26 Å². The van der Waals surface area contributed by atoms with Crippen molar-refractivity contribution in [1.82, 2.24) is 0 Å². The first-order valence-electron chi connectivity index (χ1n) is 7.30. The number of benzene rings is 1. The van der Waals surface area contributed by atoms with Gasteiger partial charge >= 0.3 is 5.97 Å². The van der Waals surface area contributed by atoms with Gasteiger partial charge in [0.1, 0.15) is 5.78 Å². The van der Waals surface area contributed by atoms with Gasteiger partial charge in [-0.15, -0.1) is 0 Å². The van der Waals surface area contributed by atoms with E-state index in [1.807, 2.05) is 6.07 Å². The van der Waals surface area contributed by atoms with Gasteiger partial charge in [-0.1, -0.05) is 30.3 Å². The van der Waals surface area contributed by atoms with Crippen LogP contribution in [0, 0.1) is 17.2 Å². The number of carbonyl (C=O) groups is 2. The summed E-state index contributed by atoms with van der Waals surface area (Å²) in [7, 11) is 0. The van der Waals surface area contributed by atoms with Crippen molar-refractivity contribution < 1.29 is 14.3 Å². The lowest BCUT2D eigenvalue weighted by atomic mass is 9.65. The third kappa shape index (κ3) is 2.82. The van der Waals surface area contributed by atoms with Crippen molar-refractivity contribution in [3.05, 3.63) is 35.9 Å². The number of esters is 1. The maximum absolute atomic E-state index is 12.5. The van der Waals surface area contributed by atoms with Crippen LogP contribution in [0.4, 0.5) is 0 Å². The van der Waals surface area contributed by atoms with Crippen LogP contribution in [0.15, 0.2) is 30.3 Å². The largest absolute Gasteiger partial charge is 0.465 e. The van der Waals surface area contributed by atoms with E-state index in [2.05, 4.69) is 6.07 Å². The minimum absolute atomic E-state index is 0.117. The Morgan fingerprint density at radius 1 is 1.43 bits per heavy atom. The van der Waals surface area contributed by atoms with Crippen molar-refractivity contribution in [2.75, 3.05) is 6.61 Å². The minimum atomic E-state index is -1.38. The van der Waals surface area contributed by atoms with Crippen LogP contribution in [0.5, 0.6) is 0 Å². The summed E-state index contributed by atoms with van der Waals surface area (Å²) < 4.78 is 5.17. The van der Waals surface area contributed by atoms with Gasteiger partial charge in [0.05, 0.1) is 12.7 Å². The van der Waals surface area contributed by atoms with Crippen LogP contribution in [0.1, 0.15) is 38.2 Å². The average Bonchev–Trinajstić information content (AvgIpc) is 2.50. The summed E-state index contributed by atoms with van der Waals surface area (Å²) >= 11 is 0. The van der Waals surface area contributed by atoms with Gasteiger partial charge in [-0.3, -0.25) is 4.79 Å². The number of nitrogens with zero attached hydrogens (tertiary/aromatic N) is 1. The molecule has 1 aliphatic carbocycles. The molecule has 4 heteroatoms. The maximum atomic E-state index is 12.5. The highest BCUT2D eigenvalue weighted by molar-refractivity contribution is 5.89. The van der Waals surface area contributed by atoms with Gasteiger partial charge in [0.15, 0.2) is 5.41 Å². The van der Waals surface area contributed by atoms with Crippen LogP contribution in [0.25, 0.3) is 0 Å². The highest BCUT2D eigenvalue weighted by Gasteiger charge is 2.50. The van der Waals surface area contributed by atoms with Crippen LogP contribution in [-0.4, -0.2) is 18.4 Å². The molecular formula is C17H19NO3. The van der Waals surface area contributed by atoms with Crippen molar-refractivity contribution in [3.63, 3.8) is 0 Å². The first-order chi connectivity index (χ1) is 10.1. The maximum Gasteiger partial charge on any atom is 0.331 e. The quantitative estimate of drug-likeness (QED) is 0.798. The Hall–Kier alpha value is -2.15. The number of hydrogen-bond donors (Lipinski definition) is 0. The summed E-state index contributed by atoms with van der Waals surface area (Å²) in [5.74, 6) is -0.741. The number of rotatable bonds is 4. The summed E-state index contributed by atoms with van der Waals surface area (Å²) in [6.45, 7) is 1.94. The highest BCUT2D eigenvalue weighted by Crippen LogP contribution is 2.41. The zero-order chi connectivity index (χ0) is 15.3. The van der Waals surface area contributed by atoms with E-state index < -0.39 is 11.4 Å². The van der Waals surface area contributed by atoms with E-state index in [1.54, 1.807) is 31.2 Å². The SMILES string of the molecule is CCOC(=O)C(C#N)(c1ccccc1)C1CCCC(=O)C1. The lowest BCUT2D eigenvalue weighted by Gasteiger charge is -2.35. The van der Waals surface area contributed by atoms with Gasteiger partial charge in [0, 0.05) is 12.8 Å². The van der Waals surface area contributed by atoms with E-state index in [-0.39, 0.29) is 24.7 Å². The zero-order valence-corrected chi connectivity index (χ0v) is 12.2. The molecule has 2 atom stereocenters. The molecule has 4 nitrogen and oxygen atoms in total. The molecule has 0 bridgehead atoms. The van der Waals surface area contributed by atoms with Crippen molar-refractivity contribution in [1.29, 1.82) is 5.26 Å².